The van der Waals surface area contributed by atoms with Gasteiger partial charge in [-0.2, -0.15) is 11.8 Å². The molecule has 1 heterocycles. The summed E-state index contributed by atoms with van der Waals surface area (Å²) in [6.45, 7) is 2.13. The average molecular weight is 283 g/mol. The maximum absolute atomic E-state index is 4.30. The predicted octanol–water partition coefficient (Wildman–Crippen LogP) is 3.02. The van der Waals surface area contributed by atoms with Crippen molar-refractivity contribution in [3.63, 3.8) is 0 Å². The van der Waals surface area contributed by atoms with E-state index in [2.05, 4.69) is 27.4 Å². The Balaban J connectivity index is 1.51. The van der Waals surface area contributed by atoms with Crippen LogP contribution in [0.1, 0.15) is 51.4 Å². The van der Waals surface area contributed by atoms with Crippen molar-refractivity contribution in [2.24, 2.45) is 10.9 Å². The van der Waals surface area contributed by atoms with Gasteiger partial charge in [0.15, 0.2) is 5.96 Å². The monoisotopic (exact) mass is 283 g/mol. The highest BCUT2D eigenvalue weighted by Gasteiger charge is 2.16. The molecule has 1 saturated carbocycles. The molecule has 0 aromatic rings. The van der Waals surface area contributed by atoms with Crippen molar-refractivity contribution in [3.8, 4) is 0 Å². The molecule has 110 valence electrons. The predicted molar refractivity (Wildman–Crippen MR) is 86.0 cm³/mol. The van der Waals surface area contributed by atoms with Gasteiger partial charge in [-0.25, -0.2) is 0 Å². The van der Waals surface area contributed by atoms with Gasteiger partial charge in [-0.05, 0) is 37.4 Å². The largest absolute Gasteiger partial charge is 0.356 e. The summed E-state index contributed by atoms with van der Waals surface area (Å²) in [6, 6.07) is 0. The summed E-state index contributed by atoms with van der Waals surface area (Å²) in [4.78, 5) is 4.30. The summed E-state index contributed by atoms with van der Waals surface area (Å²) in [7, 11) is 1.87. The van der Waals surface area contributed by atoms with Crippen LogP contribution in [-0.4, -0.2) is 37.1 Å². The topological polar surface area (TPSA) is 36.4 Å². The number of thioether (sulfide) groups is 1. The van der Waals surface area contributed by atoms with Crippen LogP contribution in [-0.2, 0) is 0 Å². The minimum Gasteiger partial charge on any atom is -0.356 e. The van der Waals surface area contributed by atoms with Gasteiger partial charge in [-0.1, -0.05) is 25.7 Å². The van der Waals surface area contributed by atoms with Gasteiger partial charge < -0.3 is 10.6 Å². The van der Waals surface area contributed by atoms with Crippen molar-refractivity contribution in [2.75, 3.05) is 25.9 Å². The van der Waals surface area contributed by atoms with Crippen LogP contribution in [0, 0.1) is 5.92 Å². The first-order chi connectivity index (χ1) is 9.38. The van der Waals surface area contributed by atoms with Crippen LogP contribution in [0.5, 0.6) is 0 Å². The number of nitrogens with one attached hydrogen (secondary N) is 2. The van der Waals surface area contributed by atoms with Crippen molar-refractivity contribution in [1.82, 2.24) is 10.6 Å². The van der Waals surface area contributed by atoms with Crippen molar-refractivity contribution in [3.05, 3.63) is 0 Å². The zero-order valence-corrected chi connectivity index (χ0v) is 13.1. The van der Waals surface area contributed by atoms with Crippen LogP contribution in [0.3, 0.4) is 0 Å². The van der Waals surface area contributed by atoms with E-state index in [0.29, 0.717) is 0 Å². The van der Waals surface area contributed by atoms with Crippen molar-refractivity contribution in [1.29, 1.82) is 0 Å². The Kier molecular flexibility index (Phi) is 6.90. The van der Waals surface area contributed by atoms with Gasteiger partial charge in [0, 0.05) is 25.4 Å². The van der Waals surface area contributed by atoms with E-state index in [1.54, 1.807) is 0 Å². The van der Waals surface area contributed by atoms with Crippen LogP contribution in [0.2, 0.25) is 0 Å². The maximum Gasteiger partial charge on any atom is 0.191 e. The SMILES string of the molecule is CN=C(NCCCC1CCCC1)NCC1CCCS1. The molecule has 0 bridgehead atoms. The molecule has 3 nitrogen and oxygen atoms in total. The molecule has 2 rings (SSSR count). The summed E-state index contributed by atoms with van der Waals surface area (Å²) >= 11 is 2.09. The Morgan fingerprint density at radius 2 is 2.00 bits per heavy atom. The number of nitrogens with zero attached hydrogens (tertiary/aromatic N) is 1. The number of hydrogen-bond acceptors (Lipinski definition) is 2. The highest BCUT2D eigenvalue weighted by atomic mass is 32.2. The fourth-order valence-corrected chi connectivity index (χ4v) is 4.33. The fraction of sp³-hybridized carbons (Fsp3) is 0.933. The first-order valence-corrected chi connectivity index (χ1v) is 8.99. The Morgan fingerprint density at radius 3 is 2.68 bits per heavy atom. The quantitative estimate of drug-likeness (QED) is 0.447. The molecule has 1 aliphatic heterocycles. The highest BCUT2D eigenvalue weighted by Crippen LogP contribution is 2.28. The number of rotatable bonds is 6. The summed E-state index contributed by atoms with van der Waals surface area (Å²) < 4.78 is 0. The van der Waals surface area contributed by atoms with Crippen LogP contribution < -0.4 is 10.6 Å². The standard InChI is InChI=1S/C15H29N3S/c1-16-15(18-12-14-9-5-11-19-14)17-10-4-8-13-6-2-3-7-13/h13-14H,2-12H2,1H3,(H2,16,17,18). The Morgan fingerprint density at radius 1 is 1.16 bits per heavy atom. The lowest BCUT2D eigenvalue weighted by molar-refractivity contribution is 0.481. The molecule has 0 spiro atoms. The second kappa shape index (κ2) is 8.72. The van der Waals surface area contributed by atoms with Crippen LogP contribution in [0.15, 0.2) is 4.99 Å². The van der Waals surface area contributed by atoms with E-state index in [9.17, 15) is 0 Å². The Labute approximate surface area is 122 Å². The van der Waals surface area contributed by atoms with Crippen LogP contribution in [0.4, 0.5) is 0 Å². The molecule has 0 aromatic heterocycles. The summed E-state index contributed by atoms with van der Waals surface area (Å²) in [6.07, 6.45) is 11.3. The third-order valence-electron chi connectivity index (χ3n) is 4.30. The summed E-state index contributed by atoms with van der Waals surface area (Å²) in [5.74, 6) is 3.32. The first-order valence-electron chi connectivity index (χ1n) is 7.94. The molecule has 0 aromatic carbocycles. The molecular weight excluding hydrogens is 254 g/mol. The molecular formula is C15H29N3S. The molecule has 2 N–H and O–H groups in total. The highest BCUT2D eigenvalue weighted by molar-refractivity contribution is 8.00. The lowest BCUT2D eigenvalue weighted by Gasteiger charge is -2.15. The normalized spacial score (nSPS) is 24.9. The molecule has 1 saturated heterocycles. The van der Waals surface area contributed by atoms with E-state index in [1.165, 1.54) is 57.1 Å². The molecule has 2 aliphatic rings. The van der Waals surface area contributed by atoms with E-state index in [4.69, 9.17) is 0 Å². The minimum absolute atomic E-state index is 0.789. The average Bonchev–Trinajstić information content (AvgIpc) is 3.11. The minimum atomic E-state index is 0.789. The molecule has 4 heteroatoms. The molecule has 19 heavy (non-hydrogen) atoms. The Hall–Kier alpha value is -0.380. The molecule has 1 unspecified atom stereocenters. The molecule has 1 aliphatic carbocycles. The zero-order chi connectivity index (χ0) is 13.3. The molecule has 0 amide bonds. The number of hydrogen-bond donors (Lipinski definition) is 2. The van der Waals surface area contributed by atoms with Crippen molar-refractivity contribution < 1.29 is 0 Å². The smallest absolute Gasteiger partial charge is 0.191 e. The maximum atomic E-state index is 4.30. The Bertz CT molecular complexity index is 269. The second-order valence-electron chi connectivity index (χ2n) is 5.81. The van der Waals surface area contributed by atoms with E-state index >= 15 is 0 Å². The molecule has 1 atom stereocenters. The van der Waals surface area contributed by atoms with Gasteiger partial charge in [0.25, 0.3) is 0 Å². The van der Waals surface area contributed by atoms with Gasteiger partial charge in [0.05, 0.1) is 0 Å². The van der Waals surface area contributed by atoms with Gasteiger partial charge >= 0.3 is 0 Å². The van der Waals surface area contributed by atoms with E-state index in [1.807, 2.05) is 7.05 Å². The van der Waals surface area contributed by atoms with Gasteiger partial charge in [-0.3, -0.25) is 4.99 Å². The van der Waals surface area contributed by atoms with Gasteiger partial charge in [0.1, 0.15) is 0 Å². The van der Waals surface area contributed by atoms with E-state index in [0.717, 1.165) is 30.2 Å². The van der Waals surface area contributed by atoms with Gasteiger partial charge in [-0.15, -0.1) is 0 Å². The van der Waals surface area contributed by atoms with Crippen molar-refractivity contribution in [2.45, 2.75) is 56.6 Å². The zero-order valence-electron chi connectivity index (χ0n) is 12.3. The number of guanidine groups is 1. The summed E-state index contributed by atoms with van der Waals surface area (Å²) in [5.41, 5.74) is 0. The molecule has 2 fully saturated rings. The summed E-state index contributed by atoms with van der Waals surface area (Å²) in [5, 5.41) is 7.69. The second-order valence-corrected chi connectivity index (χ2v) is 7.22. The first kappa shape index (κ1) is 15.0. The number of aliphatic imine (C=N–C) groups is 1. The fourth-order valence-electron chi connectivity index (χ4n) is 3.13. The molecule has 0 radical (unpaired) electrons. The van der Waals surface area contributed by atoms with E-state index in [-0.39, 0.29) is 0 Å². The lowest BCUT2D eigenvalue weighted by Crippen LogP contribution is -2.40. The van der Waals surface area contributed by atoms with Crippen LogP contribution in [0.25, 0.3) is 0 Å². The van der Waals surface area contributed by atoms with Gasteiger partial charge in [0.2, 0.25) is 0 Å². The third kappa shape index (κ3) is 5.64. The van der Waals surface area contributed by atoms with Crippen molar-refractivity contribution >= 4 is 17.7 Å². The van der Waals surface area contributed by atoms with E-state index < -0.39 is 0 Å². The van der Waals surface area contributed by atoms with Crippen LogP contribution >= 0.6 is 11.8 Å². The lowest BCUT2D eigenvalue weighted by atomic mass is 10.0. The third-order valence-corrected chi connectivity index (χ3v) is 5.70.